The van der Waals surface area contributed by atoms with E-state index in [0.29, 0.717) is 22.2 Å². The molecule has 0 aliphatic carbocycles. The Morgan fingerprint density at radius 2 is 1.76 bits per heavy atom. The Kier molecular flexibility index (Phi) is 6.07. The van der Waals surface area contributed by atoms with Gasteiger partial charge in [0.1, 0.15) is 11.6 Å². The second-order valence-electron chi connectivity index (χ2n) is 5.86. The maximum absolute atomic E-state index is 7.74. The first-order valence-corrected chi connectivity index (χ1v) is 8.98. The Bertz CT molecular complexity index is 729. The third-order valence-electron chi connectivity index (χ3n) is 4.09. The van der Waals surface area contributed by atoms with Crippen molar-refractivity contribution in [1.29, 1.82) is 5.41 Å². The first-order chi connectivity index (χ1) is 12.2. The van der Waals surface area contributed by atoms with Gasteiger partial charge in [0, 0.05) is 30.0 Å². The van der Waals surface area contributed by atoms with Crippen LogP contribution >= 0.6 is 23.2 Å². The average Bonchev–Trinajstić information content (AvgIpc) is 3.10. The standard InChI is InChI=1S/C17H20Cl2N6/c18-12-3-5-13(6-4-12)22-16-14(11-20)15(23-17(19)24-16)21-7-10-25-8-1-2-9-25/h3-6,11,20H,1-2,7-10H2,(H2,21,22,23,24). The maximum Gasteiger partial charge on any atom is 0.226 e. The number of nitrogens with one attached hydrogen (secondary N) is 3. The van der Waals surface area contributed by atoms with Gasteiger partial charge in [-0.15, -0.1) is 0 Å². The summed E-state index contributed by atoms with van der Waals surface area (Å²) in [6, 6.07) is 7.25. The molecule has 1 saturated heterocycles. The lowest BCUT2D eigenvalue weighted by Gasteiger charge is -2.17. The lowest BCUT2D eigenvalue weighted by Crippen LogP contribution is -2.26. The van der Waals surface area contributed by atoms with E-state index in [9.17, 15) is 0 Å². The van der Waals surface area contributed by atoms with Gasteiger partial charge in [-0.1, -0.05) is 11.6 Å². The molecule has 0 saturated carbocycles. The molecule has 1 aliphatic rings. The van der Waals surface area contributed by atoms with E-state index in [2.05, 4.69) is 25.5 Å². The van der Waals surface area contributed by atoms with Crippen molar-refractivity contribution in [2.24, 2.45) is 0 Å². The van der Waals surface area contributed by atoms with Crippen LogP contribution < -0.4 is 10.6 Å². The zero-order valence-electron chi connectivity index (χ0n) is 13.7. The van der Waals surface area contributed by atoms with E-state index < -0.39 is 0 Å². The van der Waals surface area contributed by atoms with E-state index in [1.807, 2.05) is 12.1 Å². The normalized spacial score (nSPS) is 14.5. The molecule has 1 fully saturated rings. The molecule has 1 aromatic heterocycles. The number of hydrogen-bond donors (Lipinski definition) is 3. The van der Waals surface area contributed by atoms with Crippen molar-refractivity contribution in [2.75, 3.05) is 36.8 Å². The first kappa shape index (κ1) is 17.9. The molecule has 25 heavy (non-hydrogen) atoms. The van der Waals surface area contributed by atoms with Crippen LogP contribution in [0.4, 0.5) is 17.3 Å². The predicted molar refractivity (Wildman–Crippen MR) is 104 cm³/mol. The van der Waals surface area contributed by atoms with Crippen molar-refractivity contribution in [1.82, 2.24) is 14.9 Å². The Morgan fingerprint density at radius 1 is 1.08 bits per heavy atom. The van der Waals surface area contributed by atoms with Crippen LogP contribution in [0.5, 0.6) is 0 Å². The molecule has 1 aromatic carbocycles. The van der Waals surface area contributed by atoms with Gasteiger partial charge in [-0.05, 0) is 61.8 Å². The van der Waals surface area contributed by atoms with Gasteiger partial charge in [0.05, 0.1) is 5.56 Å². The van der Waals surface area contributed by atoms with E-state index in [1.165, 1.54) is 19.1 Å². The van der Waals surface area contributed by atoms with Crippen molar-refractivity contribution in [3.8, 4) is 0 Å². The zero-order valence-corrected chi connectivity index (χ0v) is 15.2. The van der Waals surface area contributed by atoms with Crippen molar-refractivity contribution in [3.63, 3.8) is 0 Å². The summed E-state index contributed by atoms with van der Waals surface area (Å²) in [5, 5.41) is 15.0. The van der Waals surface area contributed by atoms with Gasteiger partial charge < -0.3 is 20.9 Å². The summed E-state index contributed by atoms with van der Waals surface area (Å²) in [6.45, 7) is 3.98. The number of aromatic nitrogens is 2. The minimum atomic E-state index is 0.130. The van der Waals surface area contributed by atoms with E-state index >= 15 is 0 Å². The molecular weight excluding hydrogens is 359 g/mol. The van der Waals surface area contributed by atoms with Crippen LogP contribution in [0.2, 0.25) is 10.3 Å². The largest absolute Gasteiger partial charge is 0.368 e. The molecule has 8 heteroatoms. The van der Waals surface area contributed by atoms with Crippen LogP contribution in [0, 0.1) is 5.41 Å². The Labute approximate surface area is 157 Å². The van der Waals surface area contributed by atoms with E-state index in [-0.39, 0.29) is 5.28 Å². The lowest BCUT2D eigenvalue weighted by atomic mass is 10.2. The number of halogens is 2. The van der Waals surface area contributed by atoms with Crippen molar-refractivity contribution in [3.05, 3.63) is 40.1 Å². The fourth-order valence-electron chi connectivity index (χ4n) is 2.82. The van der Waals surface area contributed by atoms with Crippen LogP contribution in [0.3, 0.4) is 0 Å². The molecule has 0 radical (unpaired) electrons. The monoisotopic (exact) mass is 378 g/mol. The molecule has 2 aromatic rings. The highest BCUT2D eigenvalue weighted by molar-refractivity contribution is 6.30. The average molecular weight is 379 g/mol. The maximum atomic E-state index is 7.74. The number of rotatable bonds is 7. The topological polar surface area (TPSA) is 76.9 Å². The summed E-state index contributed by atoms with van der Waals surface area (Å²) in [5.41, 5.74) is 1.38. The van der Waals surface area contributed by atoms with E-state index in [1.54, 1.807) is 12.1 Å². The zero-order chi connectivity index (χ0) is 17.6. The Balaban J connectivity index is 1.74. The number of benzene rings is 1. The van der Waals surface area contributed by atoms with Crippen LogP contribution in [0.15, 0.2) is 24.3 Å². The second-order valence-corrected chi connectivity index (χ2v) is 6.63. The Morgan fingerprint density at radius 3 is 2.44 bits per heavy atom. The number of hydrogen-bond acceptors (Lipinski definition) is 6. The van der Waals surface area contributed by atoms with Gasteiger partial charge in [0.2, 0.25) is 5.28 Å². The number of nitrogens with zero attached hydrogens (tertiary/aromatic N) is 3. The molecule has 0 atom stereocenters. The molecule has 2 heterocycles. The third-order valence-corrected chi connectivity index (χ3v) is 4.51. The molecule has 1 aliphatic heterocycles. The van der Waals surface area contributed by atoms with Crippen LogP contribution in [-0.2, 0) is 0 Å². The SMILES string of the molecule is N=Cc1c(NCCN2CCCC2)nc(Cl)nc1Nc1ccc(Cl)cc1. The highest BCUT2D eigenvalue weighted by Gasteiger charge is 2.14. The predicted octanol–water partition coefficient (Wildman–Crippen LogP) is 4.03. The van der Waals surface area contributed by atoms with Crippen LogP contribution in [-0.4, -0.2) is 47.3 Å². The molecule has 3 N–H and O–H groups in total. The quantitative estimate of drug-likeness (QED) is 0.500. The lowest BCUT2D eigenvalue weighted by molar-refractivity contribution is 0.352. The summed E-state index contributed by atoms with van der Waals surface area (Å²) >= 11 is 12.0. The highest BCUT2D eigenvalue weighted by Crippen LogP contribution is 2.25. The third kappa shape index (κ3) is 4.81. The molecule has 0 bridgehead atoms. The smallest absolute Gasteiger partial charge is 0.226 e. The highest BCUT2D eigenvalue weighted by atomic mass is 35.5. The minimum absolute atomic E-state index is 0.130. The summed E-state index contributed by atoms with van der Waals surface area (Å²) in [7, 11) is 0. The number of anilines is 3. The van der Waals surface area contributed by atoms with Crippen LogP contribution in [0.1, 0.15) is 18.4 Å². The summed E-state index contributed by atoms with van der Waals surface area (Å²) < 4.78 is 0. The molecule has 132 valence electrons. The molecule has 3 rings (SSSR count). The minimum Gasteiger partial charge on any atom is -0.368 e. The molecule has 0 amide bonds. The van der Waals surface area contributed by atoms with Gasteiger partial charge in [0.25, 0.3) is 0 Å². The first-order valence-electron chi connectivity index (χ1n) is 8.22. The Hall–Kier alpha value is -1.89. The summed E-state index contributed by atoms with van der Waals surface area (Å²) in [4.78, 5) is 10.9. The van der Waals surface area contributed by atoms with Crippen molar-refractivity contribution < 1.29 is 0 Å². The van der Waals surface area contributed by atoms with Crippen molar-refractivity contribution in [2.45, 2.75) is 12.8 Å². The molecule has 0 unspecified atom stereocenters. The van der Waals surface area contributed by atoms with Gasteiger partial charge in [-0.25, -0.2) is 0 Å². The van der Waals surface area contributed by atoms with Gasteiger partial charge in [-0.3, -0.25) is 0 Å². The molecule has 6 nitrogen and oxygen atoms in total. The number of likely N-dealkylation sites (tertiary alicyclic amines) is 1. The summed E-state index contributed by atoms with van der Waals surface area (Å²) in [5.74, 6) is 1.05. The van der Waals surface area contributed by atoms with Crippen molar-refractivity contribution >= 4 is 46.7 Å². The van der Waals surface area contributed by atoms with Gasteiger partial charge in [0.15, 0.2) is 0 Å². The van der Waals surface area contributed by atoms with Crippen LogP contribution in [0.25, 0.3) is 0 Å². The van der Waals surface area contributed by atoms with E-state index in [4.69, 9.17) is 28.6 Å². The molecule has 0 spiro atoms. The molecular formula is C17H20Cl2N6. The summed E-state index contributed by atoms with van der Waals surface area (Å²) in [6.07, 6.45) is 3.76. The second kappa shape index (κ2) is 8.47. The van der Waals surface area contributed by atoms with Gasteiger partial charge >= 0.3 is 0 Å². The fraction of sp³-hybridized carbons (Fsp3) is 0.353. The van der Waals surface area contributed by atoms with Gasteiger partial charge in [-0.2, -0.15) is 9.97 Å². The van der Waals surface area contributed by atoms with E-state index in [0.717, 1.165) is 31.9 Å². The fourth-order valence-corrected chi connectivity index (χ4v) is 3.11.